The molecule has 0 bridgehead atoms. The van der Waals surface area contributed by atoms with E-state index in [4.69, 9.17) is 9.72 Å². The molecule has 2 unspecified atom stereocenters. The van der Waals surface area contributed by atoms with Gasteiger partial charge < -0.3 is 14.2 Å². The first kappa shape index (κ1) is 22.2. The van der Waals surface area contributed by atoms with Crippen molar-refractivity contribution in [3.8, 4) is 5.75 Å². The number of para-hydroxylation sites is 2. The first-order chi connectivity index (χ1) is 16.6. The van der Waals surface area contributed by atoms with Crippen LogP contribution in [0.2, 0.25) is 0 Å². The van der Waals surface area contributed by atoms with Crippen molar-refractivity contribution in [3.63, 3.8) is 0 Å². The van der Waals surface area contributed by atoms with Gasteiger partial charge in [-0.2, -0.15) is 0 Å². The molecular weight excluding hydrogens is 422 g/mol. The van der Waals surface area contributed by atoms with E-state index in [0.717, 1.165) is 35.6 Å². The molecule has 4 aromatic rings. The van der Waals surface area contributed by atoms with Crippen molar-refractivity contribution in [3.05, 3.63) is 95.8 Å². The molecule has 1 saturated heterocycles. The zero-order valence-electron chi connectivity index (χ0n) is 19.9. The van der Waals surface area contributed by atoms with E-state index in [9.17, 15) is 4.79 Å². The molecule has 2 atom stereocenters. The van der Waals surface area contributed by atoms with Gasteiger partial charge in [0.25, 0.3) is 0 Å². The lowest BCUT2D eigenvalue weighted by Crippen LogP contribution is -2.28. The molecule has 3 aromatic carbocycles. The fourth-order valence-electron chi connectivity index (χ4n) is 4.88. The van der Waals surface area contributed by atoms with Gasteiger partial charge in [-0.05, 0) is 50.1 Å². The Labute approximate surface area is 201 Å². The average Bonchev–Trinajstić information content (AvgIpc) is 3.43. The molecule has 5 heteroatoms. The summed E-state index contributed by atoms with van der Waals surface area (Å²) in [5.41, 5.74) is 4.50. The Hall–Kier alpha value is -3.60. The topological polar surface area (TPSA) is 47.4 Å². The molecular formula is C29H31N3O2. The summed E-state index contributed by atoms with van der Waals surface area (Å²) in [4.78, 5) is 20.0. The summed E-state index contributed by atoms with van der Waals surface area (Å²) in [7, 11) is 0. The van der Waals surface area contributed by atoms with Crippen LogP contribution < -0.4 is 4.74 Å². The van der Waals surface area contributed by atoms with Gasteiger partial charge in [-0.3, -0.25) is 4.79 Å². The van der Waals surface area contributed by atoms with E-state index in [1.807, 2.05) is 41.3 Å². The number of rotatable bonds is 8. The summed E-state index contributed by atoms with van der Waals surface area (Å²) in [6.07, 6.45) is 1.37. The summed E-state index contributed by atoms with van der Waals surface area (Å²) in [5, 5.41) is 0. The quantitative estimate of drug-likeness (QED) is 0.313. The van der Waals surface area contributed by atoms with Crippen molar-refractivity contribution in [1.82, 2.24) is 14.5 Å². The number of imidazole rings is 1. The molecule has 0 aliphatic carbocycles. The van der Waals surface area contributed by atoms with Gasteiger partial charge in [-0.1, -0.05) is 60.2 Å². The van der Waals surface area contributed by atoms with Gasteiger partial charge in [0.1, 0.15) is 11.6 Å². The molecule has 1 fully saturated rings. The van der Waals surface area contributed by atoms with Crippen LogP contribution >= 0.6 is 0 Å². The first-order valence-corrected chi connectivity index (χ1v) is 12.1. The monoisotopic (exact) mass is 453 g/mol. The standard InChI is InChI=1S/C29H31N3O2/c1-21-13-15-25(16-14-21)34-18-8-17-31-27-12-7-6-11-26(27)30-29(31)24-19-28(33)32(20-24)22(2)23-9-4-3-5-10-23/h3-7,9-16,22,24H,8,17-20H2,1-2H3. The number of amides is 1. The SMILES string of the molecule is Cc1ccc(OCCCn2c(C3CC(=O)N(C(C)c4ccccc4)C3)nc3ccccc32)cc1. The highest BCUT2D eigenvalue weighted by atomic mass is 16.5. The molecule has 0 saturated carbocycles. The predicted octanol–water partition coefficient (Wildman–Crippen LogP) is 5.89. The Balaban J connectivity index is 1.32. The van der Waals surface area contributed by atoms with Crippen LogP contribution in [0.3, 0.4) is 0 Å². The Morgan fingerprint density at radius 1 is 1.00 bits per heavy atom. The molecule has 34 heavy (non-hydrogen) atoms. The predicted molar refractivity (Wildman–Crippen MR) is 135 cm³/mol. The number of carbonyl (C=O) groups is 1. The highest BCUT2D eigenvalue weighted by molar-refractivity contribution is 5.81. The molecule has 1 aliphatic rings. The number of likely N-dealkylation sites (tertiary alicyclic amines) is 1. The van der Waals surface area contributed by atoms with Crippen LogP contribution in [-0.4, -0.2) is 33.5 Å². The number of hydrogen-bond acceptors (Lipinski definition) is 3. The molecule has 1 aromatic heterocycles. The van der Waals surface area contributed by atoms with E-state index >= 15 is 0 Å². The second-order valence-electron chi connectivity index (χ2n) is 9.16. The lowest BCUT2D eigenvalue weighted by atomic mass is 10.1. The van der Waals surface area contributed by atoms with Crippen molar-refractivity contribution < 1.29 is 9.53 Å². The summed E-state index contributed by atoms with van der Waals surface area (Å²) in [5.74, 6) is 2.19. The third kappa shape index (κ3) is 4.56. The van der Waals surface area contributed by atoms with E-state index in [2.05, 4.69) is 60.9 Å². The van der Waals surface area contributed by atoms with Crippen LogP contribution in [0.4, 0.5) is 0 Å². The first-order valence-electron chi connectivity index (χ1n) is 12.1. The number of aromatic nitrogens is 2. The molecule has 5 rings (SSSR count). The Morgan fingerprint density at radius 2 is 1.74 bits per heavy atom. The van der Waals surface area contributed by atoms with Gasteiger partial charge in [-0.25, -0.2) is 4.98 Å². The van der Waals surface area contributed by atoms with Crippen molar-refractivity contribution >= 4 is 16.9 Å². The zero-order chi connectivity index (χ0) is 23.5. The van der Waals surface area contributed by atoms with Gasteiger partial charge in [0.2, 0.25) is 5.91 Å². The Bertz CT molecular complexity index is 1260. The lowest BCUT2D eigenvalue weighted by Gasteiger charge is -2.25. The molecule has 1 amide bonds. The largest absolute Gasteiger partial charge is 0.494 e. The molecule has 0 radical (unpaired) electrons. The van der Waals surface area contributed by atoms with Crippen LogP contribution in [0.5, 0.6) is 5.75 Å². The maximum absolute atomic E-state index is 13.0. The second-order valence-corrected chi connectivity index (χ2v) is 9.16. The van der Waals surface area contributed by atoms with Crippen LogP contribution in [-0.2, 0) is 11.3 Å². The summed E-state index contributed by atoms with van der Waals surface area (Å²) in [6.45, 7) is 6.32. The van der Waals surface area contributed by atoms with E-state index in [1.54, 1.807) is 0 Å². The summed E-state index contributed by atoms with van der Waals surface area (Å²) < 4.78 is 8.25. The number of fused-ring (bicyclic) bond motifs is 1. The molecule has 174 valence electrons. The maximum atomic E-state index is 13.0. The van der Waals surface area contributed by atoms with Gasteiger partial charge in [-0.15, -0.1) is 0 Å². The highest BCUT2D eigenvalue weighted by Gasteiger charge is 2.36. The lowest BCUT2D eigenvalue weighted by molar-refractivity contribution is -0.129. The van der Waals surface area contributed by atoms with E-state index < -0.39 is 0 Å². The molecule has 0 N–H and O–H groups in total. The van der Waals surface area contributed by atoms with E-state index in [0.29, 0.717) is 19.6 Å². The fraction of sp³-hybridized carbons (Fsp3) is 0.310. The number of ether oxygens (including phenoxy) is 1. The number of aryl methyl sites for hydroxylation is 2. The van der Waals surface area contributed by atoms with Crippen LogP contribution in [0.25, 0.3) is 11.0 Å². The summed E-state index contributed by atoms with van der Waals surface area (Å²) in [6, 6.07) is 26.7. The minimum Gasteiger partial charge on any atom is -0.494 e. The van der Waals surface area contributed by atoms with E-state index in [-0.39, 0.29) is 17.9 Å². The van der Waals surface area contributed by atoms with Crippen molar-refractivity contribution in [1.29, 1.82) is 0 Å². The van der Waals surface area contributed by atoms with Crippen LogP contribution in [0, 0.1) is 6.92 Å². The van der Waals surface area contributed by atoms with E-state index in [1.165, 1.54) is 11.1 Å². The molecule has 0 spiro atoms. The minimum absolute atomic E-state index is 0.0550. The van der Waals surface area contributed by atoms with Crippen molar-refractivity contribution in [2.45, 2.75) is 45.2 Å². The Kier molecular flexibility index (Phi) is 6.35. The van der Waals surface area contributed by atoms with Gasteiger partial charge >= 0.3 is 0 Å². The Morgan fingerprint density at radius 3 is 2.53 bits per heavy atom. The summed E-state index contributed by atoms with van der Waals surface area (Å²) >= 11 is 0. The van der Waals surface area contributed by atoms with Crippen molar-refractivity contribution in [2.24, 2.45) is 0 Å². The second kappa shape index (κ2) is 9.72. The molecule has 2 heterocycles. The van der Waals surface area contributed by atoms with Crippen LogP contribution in [0.15, 0.2) is 78.9 Å². The number of hydrogen-bond donors (Lipinski definition) is 0. The third-order valence-electron chi connectivity index (χ3n) is 6.77. The molecule has 5 nitrogen and oxygen atoms in total. The maximum Gasteiger partial charge on any atom is 0.223 e. The number of benzene rings is 3. The van der Waals surface area contributed by atoms with Gasteiger partial charge in [0.15, 0.2) is 0 Å². The highest BCUT2D eigenvalue weighted by Crippen LogP contribution is 2.35. The fourth-order valence-corrected chi connectivity index (χ4v) is 4.88. The smallest absolute Gasteiger partial charge is 0.223 e. The van der Waals surface area contributed by atoms with Crippen LogP contribution in [0.1, 0.15) is 48.7 Å². The van der Waals surface area contributed by atoms with Crippen molar-refractivity contribution in [2.75, 3.05) is 13.2 Å². The normalized spacial score (nSPS) is 16.8. The van der Waals surface area contributed by atoms with Gasteiger partial charge in [0.05, 0.1) is 23.7 Å². The molecule has 1 aliphatic heterocycles. The van der Waals surface area contributed by atoms with Gasteiger partial charge in [0, 0.05) is 25.4 Å². The average molecular weight is 454 g/mol. The zero-order valence-corrected chi connectivity index (χ0v) is 19.9. The minimum atomic E-state index is 0.0550. The number of carbonyl (C=O) groups excluding carboxylic acids is 1. The number of nitrogens with zero attached hydrogens (tertiary/aromatic N) is 3. The third-order valence-corrected chi connectivity index (χ3v) is 6.77.